The first-order valence-electron chi connectivity index (χ1n) is 10.0. The summed E-state index contributed by atoms with van der Waals surface area (Å²) in [5.74, 6) is 0.466. The fraction of sp³-hybridized carbons (Fsp3) is 0.167. The molecule has 0 atom stereocenters. The lowest BCUT2D eigenvalue weighted by Gasteiger charge is -2.07. The van der Waals surface area contributed by atoms with Gasteiger partial charge in [0, 0.05) is 30.4 Å². The molecule has 0 saturated carbocycles. The minimum atomic E-state index is -0.284. The zero-order valence-corrected chi connectivity index (χ0v) is 18.9. The Bertz CT molecular complexity index is 1280. The van der Waals surface area contributed by atoms with E-state index in [4.69, 9.17) is 16.3 Å². The summed E-state index contributed by atoms with van der Waals surface area (Å²) in [5.41, 5.74) is 2.30. The molecule has 0 aliphatic rings. The highest BCUT2D eigenvalue weighted by Gasteiger charge is 2.17. The van der Waals surface area contributed by atoms with Crippen LogP contribution in [0.3, 0.4) is 0 Å². The van der Waals surface area contributed by atoms with Crippen LogP contribution in [0.1, 0.15) is 32.9 Å². The molecule has 8 heteroatoms. The number of ketones is 1. The Morgan fingerprint density at radius 2 is 1.94 bits per heavy atom. The van der Waals surface area contributed by atoms with Crippen molar-refractivity contribution in [1.82, 2.24) is 14.5 Å². The van der Waals surface area contributed by atoms with Crippen LogP contribution in [0.25, 0.3) is 5.13 Å². The van der Waals surface area contributed by atoms with Gasteiger partial charge in [-0.15, -0.1) is 0 Å². The highest BCUT2D eigenvalue weighted by atomic mass is 35.5. The van der Waals surface area contributed by atoms with E-state index < -0.39 is 0 Å². The largest absolute Gasteiger partial charge is 0.489 e. The predicted octanol–water partition coefficient (Wildman–Crippen LogP) is 5.05. The molecule has 0 amide bonds. The molecule has 0 saturated heterocycles. The first-order valence-corrected chi connectivity index (χ1v) is 11.2. The Kier molecular flexibility index (Phi) is 6.78. The van der Waals surface area contributed by atoms with E-state index in [1.54, 1.807) is 31.5 Å². The van der Waals surface area contributed by atoms with Crippen LogP contribution in [0.15, 0.2) is 71.8 Å². The van der Waals surface area contributed by atoms with Gasteiger partial charge in [-0.1, -0.05) is 59.3 Å². The standard InChI is InChI=1S/C24H20ClN3O3S/c1-16-23(20(29)9-7-17-5-3-2-4-6-17)32-24(27-16)28-12-11-19(13-22(28)30)31-15-18-8-10-21(25)26-14-18/h2-6,8,10-14H,7,9,15H2,1H3. The van der Waals surface area contributed by atoms with Crippen molar-refractivity contribution in [3.05, 3.63) is 104 Å². The van der Waals surface area contributed by atoms with E-state index >= 15 is 0 Å². The highest BCUT2D eigenvalue weighted by Crippen LogP contribution is 2.23. The number of nitrogens with zero attached hydrogens (tertiary/aromatic N) is 3. The maximum atomic E-state index is 12.7. The van der Waals surface area contributed by atoms with Gasteiger partial charge < -0.3 is 4.74 Å². The van der Waals surface area contributed by atoms with Crippen LogP contribution < -0.4 is 10.3 Å². The number of ether oxygens (including phenoxy) is 1. The molecule has 4 rings (SSSR count). The number of hydrogen-bond acceptors (Lipinski definition) is 6. The summed E-state index contributed by atoms with van der Waals surface area (Å²) >= 11 is 7.01. The predicted molar refractivity (Wildman–Crippen MR) is 125 cm³/mol. The number of thiazole rings is 1. The van der Waals surface area contributed by atoms with Crippen molar-refractivity contribution >= 4 is 28.7 Å². The molecule has 0 fully saturated rings. The van der Waals surface area contributed by atoms with Crippen molar-refractivity contribution in [3.8, 4) is 10.9 Å². The monoisotopic (exact) mass is 465 g/mol. The minimum absolute atomic E-state index is 0.0275. The first-order chi connectivity index (χ1) is 15.5. The van der Waals surface area contributed by atoms with E-state index in [2.05, 4.69) is 9.97 Å². The summed E-state index contributed by atoms with van der Waals surface area (Å²) in [4.78, 5) is 34.4. The summed E-state index contributed by atoms with van der Waals surface area (Å²) in [7, 11) is 0. The number of benzene rings is 1. The molecule has 0 aliphatic carbocycles. The van der Waals surface area contributed by atoms with Crippen molar-refractivity contribution in [2.75, 3.05) is 0 Å². The molecular formula is C24H20ClN3O3S. The number of carbonyl (C=O) groups excluding carboxylic acids is 1. The van der Waals surface area contributed by atoms with Gasteiger partial charge in [0.1, 0.15) is 17.5 Å². The lowest BCUT2D eigenvalue weighted by Crippen LogP contribution is -2.16. The lowest BCUT2D eigenvalue weighted by atomic mass is 10.1. The van der Waals surface area contributed by atoms with Crippen molar-refractivity contribution in [1.29, 1.82) is 0 Å². The second kappa shape index (κ2) is 9.89. The Morgan fingerprint density at radius 1 is 1.12 bits per heavy atom. The number of aryl methyl sites for hydroxylation is 2. The quantitative estimate of drug-likeness (QED) is 0.269. The average Bonchev–Trinajstić information content (AvgIpc) is 3.19. The summed E-state index contributed by atoms with van der Waals surface area (Å²) in [6, 6.07) is 16.5. The molecular weight excluding hydrogens is 446 g/mol. The number of rotatable bonds is 8. The van der Waals surface area contributed by atoms with E-state index in [1.165, 1.54) is 22.0 Å². The number of Topliss-reactive ketones (excluding diaryl/α,β-unsaturated/α-hetero) is 1. The number of pyridine rings is 2. The van der Waals surface area contributed by atoms with E-state index in [0.29, 0.717) is 39.4 Å². The van der Waals surface area contributed by atoms with E-state index in [-0.39, 0.29) is 17.9 Å². The normalized spacial score (nSPS) is 10.8. The molecule has 0 bridgehead atoms. The Hall–Kier alpha value is -3.29. The number of hydrogen-bond donors (Lipinski definition) is 0. The zero-order valence-electron chi connectivity index (χ0n) is 17.3. The molecule has 6 nitrogen and oxygen atoms in total. The molecule has 0 unspecified atom stereocenters. The van der Waals surface area contributed by atoms with Crippen molar-refractivity contribution < 1.29 is 9.53 Å². The molecule has 4 aromatic rings. The van der Waals surface area contributed by atoms with Crippen LogP contribution in [0, 0.1) is 6.92 Å². The van der Waals surface area contributed by atoms with Gasteiger partial charge in [0.05, 0.1) is 10.6 Å². The molecule has 0 radical (unpaired) electrons. The average molecular weight is 466 g/mol. The van der Waals surface area contributed by atoms with Gasteiger partial charge in [0.2, 0.25) is 0 Å². The fourth-order valence-corrected chi connectivity index (χ4v) is 4.26. The topological polar surface area (TPSA) is 74.1 Å². The molecule has 0 spiro atoms. The number of aromatic nitrogens is 3. The molecule has 1 aromatic carbocycles. The van der Waals surface area contributed by atoms with E-state index in [9.17, 15) is 9.59 Å². The van der Waals surface area contributed by atoms with Crippen LogP contribution in [-0.4, -0.2) is 20.3 Å². The second-order valence-corrected chi connectivity index (χ2v) is 8.53. The molecule has 162 valence electrons. The first kappa shape index (κ1) is 21.9. The summed E-state index contributed by atoms with van der Waals surface area (Å²) in [6.45, 7) is 2.06. The van der Waals surface area contributed by atoms with Crippen LogP contribution in [0.2, 0.25) is 5.15 Å². The third kappa shape index (κ3) is 5.30. The number of halogens is 1. The second-order valence-electron chi connectivity index (χ2n) is 7.17. The van der Waals surface area contributed by atoms with Gasteiger partial charge >= 0.3 is 0 Å². The van der Waals surface area contributed by atoms with Gasteiger partial charge in [-0.05, 0) is 31.0 Å². The summed E-state index contributed by atoms with van der Waals surface area (Å²) in [6.07, 6.45) is 4.29. The maximum absolute atomic E-state index is 12.7. The van der Waals surface area contributed by atoms with Gasteiger partial charge in [-0.25, -0.2) is 9.97 Å². The highest BCUT2D eigenvalue weighted by molar-refractivity contribution is 7.16. The Labute approximate surface area is 194 Å². The maximum Gasteiger partial charge on any atom is 0.260 e. The third-order valence-corrected chi connectivity index (χ3v) is 6.23. The Balaban J connectivity index is 1.44. The lowest BCUT2D eigenvalue weighted by molar-refractivity contribution is 0.0986. The smallest absolute Gasteiger partial charge is 0.260 e. The molecule has 3 heterocycles. The van der Waals surface area contributed by atoms with Gasteiger partial charge in [-0.3, -0.25) is 14.2 Å². The van der Waals surface area contributed by atoms with Crippen molar-refractivity contribution in [3.63, 3.8) is 0 Å². The Morgan fingerprint density at radius 3 is 2.66 bits per heavy atom. The molecule has 3 aromatic heterocycles. The molecule has 0 N–H and O–H groups in total. The molecule has 32 heavy (non-hydrogen) atoms. The summed E-state index contributed by atoms with van der Waals surface area (Å²) in [5, 5.41) is 0.872. The van der Waals surface area contributed by atoms with Crippen LogP contribution in [-0.2, 0) is 13.0 Å². The zero-order chi connectivity index (χ0) is 22.5. The van der Waals surface area contributed by atoms with Gasteiger partial charge in [0.15, 0.2) is 10.9 Å². The SMILES string of the molecule is Cc1nc(-n2ccc(OCc3ccc(Cl)nc3)cc2=O)sc1C(=O)CCc1ccccc1. The van der Waals surface area contributed by atoms with Crippen molar-refractivity contribution in [2.45, 2.75) is 26.4 Å². The summed E-state index contributed by atoms with van der Waals surface area (Å²) < 4.78 is 7.10. The van der Waals surface area contributed by atoms with Gasteiger partial charge in [-0.2, -0.15) is 0 Å². The van der Waals surface area contributed by atoms with Crippen molar-refractivity contribution in [2.24, 2.45) is 0 Å². The third-order valence-electron chi connectivity index (χ3n) is 4.81. The van der Waals surface area contributed by atoms with Crippen LogP contribution in [0.4, 0.5) is 0 Å². The van der Waals surface area contributed by atoms with E-state index in [0.717, 1.165) is 11.1 Å². The van der Waals surface area contributed by atoms with Crippen LogP contribution in [0.5, 0.6) is 5.75 Å². The minimum Gasteiger partial charge on any atom is -0.489 e. The fourth-order valence-electron chi connectivity index (χ4n) is 3.13. The molecule has 0 aliphatic heterocycles. The van der Waals surface area contributed by atoms with Crippen LogP contribution >= 0.6 is 22.9 Å². The van der Waals surface area contributed by atoms with Gasteiger partial charge in [0.25, 0.3) is 5.56 Å². The number of carbonyl (C=O) groups is 1. The van der Waals surface area contributed by atoms with E-state index in [1.807, 2.05) is 36.4 Å².